The maximum atomic E-state index is 10.0. The molecule has 0 aliphatic heterocycles. The van der Waals surface area contributed by atoms with Crippen molar-refractivity contribution in [2.45, 2.75) is 130 Å². The van der Waals surface area contributed by atoms with Crippen LogP contribution in [-0.2, 0) is 4.43 Å². The third kappa shape index (κ3) is 5.39. The minimum atomic E-state index is -1.70. The molecule has 2 nitrogen and oxygen atoms in total. The largest absolute Gasteiger partial charge is 0.414 e. The SMILES string of the molecule is C[C@H](CCCC(C)(C)O)[C@H]1CC[C@H]2[C@@H](O[Si](C)(C)C(C)(C)C)CCC[C@]12C. The first-order valence-corrected chi connectivity index (χ1v) is 14.5. The summed E-state index contributed by atoms with van der Waals surface area (Å²) in [5.41, 5.74) is -0.0613. The van der Waals surface area contributed by atoms with E-state index in [4.69, 9.17) is 4.43 Å². The monoisotopic (exact) mass is 396 g/mol. The fourth-order valence-electron chi connectivity index (χ4n) is 5.85. The van der Waals surface area contributed by atoms with Crippen LogP contribution in [0, 0.1) is 23.2 Å². The average Bonchev–Trinajstić information content (AvgIpc) is 2.82. The predicted octanol–water partition coefficient (Wildman–Crippen LogP) is 7.17. The molecular weight excluding hydrogens is 348 g/mol. The summed E-state index contributed by atoms with van der Waals surface area (Å²) in [4.78, 5) is 0. The molecule has 2 aliphatic rings. The zero-order valence-electron chi connectivity index (χ0n) is 19.8. The van der Waals surface area contributed by atoms with Crippen LogP contribution >= 0.6 is 0 Å². The molecule has 0 bridgehead atoms. The lowest BCUT2D eigenvalue weighted by atomic mass is 9.61. The first kappa shape index (κ1) is 23.4. The Morgan fingerprint density at radius 2 is 1.74 bits per heavy atom. The summed E-state index contributed by atoms with van der Waals surface area (Å²) >= 11 is 0. The van der Waals surface area contributed by atoms with E-state index in [2.05, 4.69) is 47.7 Å². The van der Waals surface area contributed by atoms with Gasteiger partial charge in [0.25, 0.3) is 0 Å². The number of hydrogen-bond donors (Lipinski definition) is 1. The first-order chi connectivity index (χ1) is 12.2. The molecule has 0 unspecified atom stereocenters. The topological polar surface area (TPSA) is 29.5 Å². The standard InChI is InChI=1S/C24H48O2Si/c1-18(12-10-16-23(5,6)25)19-14-15-20-21(13-11-17-24(19,20)7)26-27(8,9)22(2,3)4/h18-21,25H,10-17H2,1-9H3/t18-,19-,20+,21+,24-/m1/s1. The van der Waals surface area contributed by atoms with Gasteiger partial charge < -0.3 is 9.53 Å². The average molecular weight is 397 g/mol. The lowest BCUT2D eigenvalue weighted by Gasteiger charge is -2.50. The summed E-state index contributed by atoms with van der Waals surface area (Å²) < 4.78 is 6.98. The number of fused-ring (bicyclic) bond motifs is 1. The van der Waals surface area contributed by atoms with Crippen LogP contribution in [0.15, 0.2) is 0 Å². The highest BCUT2D eigenvalue weighted by molar-refractivity contribution is 6.74. The highest BCUT2D eigenvalue weighted by Gasteiger charge is 2.54. The van der Waals surface area contributed by atoms with E-state index in [1.807, 2.05) is 13.8 Å². The molecule has 2 aliphatic carbocycles. The Bertz CT molecular complexity index is 488. The zero-order chi connectivity index (χ0) is 20.7. The van der Waals surface area contributed by atoms with E-state index < -0.39 is 13.9 Å². The molecule has 0 aromatic rings. The molecule has 0 amide bonds. The smallest absolute Gasteiger partial charge is 0.192 e. The Kier molecular flexibility index (Phi) is 7.03. The van der Waals surface area contributed by atoms with Crippen LogP contribution in [-0.4, -0.2) is 25.1 Å². The van der Waals surface area contributed by atoms with Crippen molar-refractivity contribution in [3.05, 3.63) is 0 Å². The van der Waals surface area contributed by atoms with Crippen LogP contribution in [0.2, 0.25) is 18.1 Å². The summed E-state index contributed by atoms with van der Waals surface area (Å²) in [6.45, 7) is 20.9. The van der Waals surface area contributed by atoms with Crippen molar-refractivity contribution in [1.29, 1.82) is 0 Å². The summed E-state index contributed by atoms with van der Waals surface area (Å²) in [6, 6.07) is 0. The van der Waals surface area contributed by atoms with Gasteiger partial charge in [-0.1, -0.05) is 53.9 Å². The van der Waals surface area contributed by atoms with Crippen molar-refractivity contribution < 1.29 is 9.53 Å². The van der Waals surface area contributed by atoms with Gasteiger partial charge in [-0.2, -0.15) is 0 Å². The maximum Gasteiger partial charge on any atom is 0.192 e. The van der Waals surface area contributed by atoms with Crippen LogP contribution in [0.4, 0.5) is 0 Å². The first-order valence-electron chi connectivity index (χ1n) is 11.6. The van der Waals surface area contributed by atoms with Crippen molar-refractivity contribution in [2.24, 2.45) is 23.2 Å². The van der Waals surface area contributed by atoms with Crippen LogP contribution in [0.5, 0.6) is 0 Å². The van der Waals surface area contributed by atoms with Crippen molar-refractivity contribution in [3.8, 4) is 0 Å². The Balaban J connectivity index is 2.04. The van der Waals surface area contributed by atoms with E-state index >= 15 is 0 Å². The van der Waals surface area contributed by atoms with Gasteiger partial charge in [0.05, 0.1) is 5.60 Å². The van der Waals surface area contributed by atoms with E-state index in [1.54, 1.807) is 0 Å². The number of rotatable bonds is 7. The molecule has 2 rings (SSSR count). The van der Waals surface area contributed by atoms with Crippen molar-refractivity contribution in [1.82, 2.24) is 0 Å². The molecule has 1 N–H and O–H groups in total. The van der Waals surface area contributed by atoms with E-state index in [-0.39, 0.29) is 0 Å². The van der Waals surface area contributed by atoms with E-state index in [9.17, 15) is 5.11 Å². The second-order valence-corrected chi connectivity index (χ2v) is 17.0. The molecule has 0 saturated heterocycles. The van der Waals surface area contributed by atoms with E-state index in [0.717, 1.165) is 30.6 Å². The lowest BCUT2D eigenvalue weighted by molar-refractivity contribution is -0.0219. The Hall–Kier alpha value is 0.137. The van der Waals surface area contributed by atoms with Gasteiger partial charge in [0.15, 0.2) is 8.32 Å². The van der Waals surface area contributed by atoms with Crippen LogP contribution in [0.25, 0.3) is 0 Å². The van der Waals surface area contributed by atoms with Gasteiger partial charge in [0.2, 0.25) is 0 Å². The van der Waals surface area contributed by atoms with Crippen LogP contribution < -0.4 is 0 Å². The van der Waals surface area contributed by atoms with Gasteiger partial charge in [0, 0.05) is 6.10 Å². The van der Waals surface area contributed by atoms with Crippen molar-refractivity contribution in [2.75, 3.05) is 0 Å². The molecule has 0 aromatic heterocycles. The summed E-state index contributed by atoms with van der Waals surface area (Å²) in [6.07, 6.45) is 10.5. The normalized spacial score (nSPS) is 33.8. The maximum absolute atomic E-state index is 10.0. The molecule has 2 saturated carbocycles. The second-order valence-electron chi connectivity index (χ2n) is 12.3. The van der Waals surface area contributed by atoms with Gasteiger partial charge >= 0.3 is 0 Å². The fraction of sp³-hybridized carbons (Fsp3) is 1.00. The molecule has 5 atom stereocenters. The summed E-state index contributed by atoms with van der Waals surface area (Å²) in [5.74, 6) is 2.34. The molecule has 27 heavy (non-hydrogen) atoms. The van der Waals surface area contributed by atoms with Crippen LogP contribution in [0.1, 0.15) is 99.8 Å². The van der Waals surface area contributed by atoms with Gasteiger partial charge in [-0.25, -0.2) is 0 Å². The number of aliphatic hydroxyl groups is 1. The molecule has 0 heterocycles. The quantitative estimate of drug-likeness (QED) is 0.462. The van der Waals surface area contributed by atoms with Gasteiger partial charge in [-0.3, -0.25) is 0 Å². The van der Waals surface area contributed by atoms with Crippen LogP contribution in [0.3, 0.4) is 0 Å². The third-order valence-electron chi connectivity index (χ3n) is 8.52. The Labute approximate surface area is 171 Å². The molecule has 3 heteroatoms. The Morgan fingerprint density at radius 1 is 1.11 bits per heavy atom. The molecule has 0 spiro atoms. The molecule has 0 radical (unpaired) electrons. The van der Waals surface area contributed by atoms with Crippen molar-refractivity contribution >= 4 is 8.32 Å². The van der Waals surface area contributed by atoms with E-state index in [1.165, 1.54) is 38.5 Å². The summed E-state index contributed by atoms with van der Waals surface area (Å²) in [7, 11) is -1.70. The minimum absolute atomic E-state index is 0.295. The highest BCUT2D eigenvalue weighted by atomic mass is 28.4. The number of hydrogen-bond acceptors (Lipinski definition) is 2. The highest BCUT2D eigenvalue weighted by Crippen LogP contribution is 2.59. The van der Waals surface area contributed by atoms with Crippen molar-refractivity contribution in [3.63, 3.8) is 0 Å². The zero-order valence-corrected chi connectivity index (χ0v) is 20.8. The van der Waals surface area contributed by atoms with Gasteiger partial charge in [0.1, 0.15) is 0 Å². The lowest BCUT2D eigenvalue weighted by Crippen LogP contribution is -2.50. The summed E-state index contributed by atoms with van der Waals surface area (Å²) in [5, 5.41) is 10.3. The second kappa shape index (κ2) is 8.11. The Morgan fingerprint density at radius 3 is 2.30 bits per heavy atom. The van der Waals surface area contributed by atoms with Gasteiger partial charge in [-0.15, -0.1) is 0 Å². The molecular formula is C24H48O2Si. The molecule has 0 aromatic carbocycles. The van der Waals surface area contributed by atoms with Gasteiger partial charge in [-0.05, 0) is 87.3 Å². The fourth-order valence-corrected chi connectivity index (χ4v) is 7.24. The third-order valence-corrected chi connectivity index (χ3v) is 13.0. The predicted molar refractivity (Wildman–Crippen MR) is 120 cm³/mol. The molecule has 2 fully saturated rings. The van der Waals surface area contributed by atoms with E-state index in [0.29, 0.717) is 16.6 Å². The molecule has 160 valence electrons. The minimum Gasteiger partial charge on any atom is -0.414 e.